The molecule has 1 fully saturated rings. The van der Waals surface area contributed by atoms with Crippen LogP contribution in [0.5, 0.6) is 0 Å². The molecule has 0 atom stereocenters. The number of benzene rings is 1. The van der Waals surface area contributed by atoms with Gasteiger partial charge >= 0.3 is 0 Å². The second-order valence-electron chi connectivity index (χ2n) is 6.67. The average molecular weight is 343 g/mol. The first kappa shape index (κ1) is 15.7. The predicted octanol–water partition coefficient (Wildman–Crippen LogP) is 4.79. The van der Waals surface area contributed by atoms with Crippen LogP contribution in [0.25, 0.3) is 16.6 Å². The fraction of sp³-hybridized carbons (Fsp3) is 0.474. The summed E-state index contributed by atoms with van der Waals surface area (Å²) in [6.45, 7) is 6.48. The smallest absolute Gasteiger partial charge is 0.155 e. The molecule has 4 rings (SSSR count). The number of halogens is 1. The third kappa shape index (κ3) is 2.53. The maximum Gasteiger partial charge on any atom is 0.155 e. The fourth-order valence-electron chi connectivity index (χ4n) is 3.77. The molecule has 4 nitrogen and oxygen atoms in total. The number of fused-ring (bicyclic) bond motifs is 3. The van der Waals surface area contributed by atoms with Crippen LogP contribution < -0.4 is 4.90 Å². The molecule has 0 aliphatic carbocycles. The molecule has 2 aromatic heterocycles. The normalized spacial score (nSPS) is 15.5. The highest BCUT2D eigenvalue weighted by molar-refractivity contribution is 6.33. The lowest BCUT2D eigenvalue weighted by molar-refractivity contribution is 0.578. The van der Waals surface area contributed by atoms with Gasteiger partial charge < -0.3 is 4.90 Å². The maximum absolute atomic E-state index is 6.46. The quantitative estimate of drug-likeness (QED) is 0.686. The minimum atomic E-state index is 0.542. The Kier molecular flexibility index (Phi) is 4.09. The molecule has 1 saturated heterocycles. The Labute approximate surface area is 147 Å². The summed E-state index contributed by atoms with van der Waals surface area (Å²) in [4.78, 5) is 11.8. The van der Waals surface area contributed by atoms with E-state index in [1.165, 1.54) is 24.9 Å². The van der Waals surface area contributed by atoms with E-state index in [-0.39, 0.29) is 0 Å². The predicted molar refractivity (Wildman–Crippen MR) is 100 cm³/mol. The van der Waals surface area contributed by atoms with E-state index in [2.05, 4.69) is 39.4 Å². The van der Waals surface area contributed by atoms with E-state index in [0.29, 0.717) is 5.15 Å². The number of anilines is 1. The number of imidazole rings is 1. The van der Waals surface area contributed by atoms with Crippen molar-refractivity contribution in [2.75, 3.05) is 18.0 Å². The molecule has 0 amide bonds. The Balaban J connectivity index is 1.96. The minimum Gasteiger partial charge on any atom is -0.371 e. The molecular weight excluding hydrogens is 320 g/mol. The van der Waals surface area contributed by atoms with Gasteiger partial charge in [-0.15, -0.1) is 0 Å². The first-order valence-electron chi connectivity index (χ1n) is 8.91. The highest BCUT2D eigenvalue weighted by Crippen LogP contribution is 2.30. The summed E-state index contributed by atoms with van der Waals surface area (Å²) in [7, 11) is 0. The summed E-state index contributed by atoms with van der Waals surface area (Å²) in [6, 6.07) is 6.53. The van der Waals surface area contributed by atoms with Gasteiger partial charge in [-0.2, -0.15) is 0 Å². The summed E-state index contributed by atoms with van der Waals surface area (Å²) in [5, 5.41) is 0.542. The van der Waals surface area contributed by atoms with Crippen LogP contribution >= 0.6 is 11.6 Å². The Bertz CT molecular complexity index is 893. The molecule has 3 aromatic rings. The monoisotopic (exact) mass is 342 g/mol. The van der Waals surface area contributed by atoms with Crippen molar-refractivity contribution in [1.82, 2.24) is 14.4 Å². The van der Waals surface area contributed by atoms with Gasteiger partial charge in [0, 0.05) is 25.2 Å². The molecule has 0 bridgehead atoms. The zero-order chi connectivity index (χ0) is 16.7. The van der Waals surface area contributed by atoms with Crippen molar-refractivity contribution >= 4 is 33.8 Å². The largest absolute Gasteiger partial charge is 0.371 e. The Morgan fingerprint density at radius 1 is 1.12 bits per heavy atom. The molecule has 0 unspecified atom stereocenters. The fourth-order valence-corrected chi connectivity index (χ4v) is 4.09. The zero-order valence-electron chi connectivity index (χ0n) is 14.3. The topological polar surface area (TPSA) is 33.4 Å². The van der Waals surface area contributed by atoms with E-state index >= 15 is 0 Å². The molecule has 1 aliphatic heterocycles. The Morgan fingerprint density at radius 3 is 2.67 bits per heavy atom. The Morgan fingerprint density at radius 2 is 1.92 bits per heavy atom. The van der Waals surface area contributed by atoms with E-state index in [0.717, 1.165) is 54.0 Å². The van der Waals surface area contributed by atoms with Crippen LogP contribution in [0.3, 0.4) is 0 Å². The molecule has 0 radical (unpaired) electrons. The van der Waals surface area contributed by atoms with Crippen molar-refractivity contribution < 1.29 is 0 Å². The second-order valence-corrected chi connectivity index (χ2v) is 7.03. The second kappa shape index (κ2) is 6.25. The van der Waals surface area contributed by atoms with Crippen LogP contribution in [-0.4, -0.2) is 27.5 Å². The van der Waals surface area contributed by atoms with Crippen molar-refractivity contribution in [3.8, 4) is 0 Å². The molecule has 1 aliphatic rings. The van der Waals surface area contributed by atoms with Gasteiger partial charge in [0.2, 0.25) is 0 Å². The van der Waals surface area contributed by atoms with Gasteiger partial charge in [0.15, 0.2) is 5.15 Å². The third-order valence-electron chi connectivity index (χ3n) is 4.93. The number of rotatable bonds is 3. The number of aryl methyl sites for hydroxylation is 2. The number of nitrogens with zero attached hydrogens (tertiary/aromatic N) is 4. The van der Waals surface area contributed by atoms with E-state index in [1.807, 2.05) is 6.92 Å². The molecule has 0 saturated carbocycles. The summed E-state index contributed by atoms with van der Waals surface area (Å²) in [5.74, 6) is 1.08. The Hall–Kier alpha value is -1.81. The number of hydrogen-bond acceptors (Lipinski definition) is 3. The van der Waals surface area contributed by atoms with Crippen molar-refractivity contribution in [1.29, 1.82) is 0 Å². The van der Waals surface area contributed by atoms with Crippen LogP contribution in [0.1, 0.15) is 44.1 Å². The molecule has 0 spiro atoms. The molecule has 126 valence electrons. The van der Waals surface area contributed by atoms with E-state index in [4.69, 9.17) is 16.6 Å². The van der Waals surface area contributed by atoms with Gasteiger partial charge in [-0.1, -0.05) is 18.5 Å². The SMILES string of the molecule is CCCc1nc(C)c2c(Cl)nc3ccc(N4CCCCC4)cc3n12. The van der Waals surface area contributed by atoms with Crippen molar-refractivity contribution in [2.45, 2.75) is 46.0 Å². The zero-order valence-corrected chi connectivity index (χ0v) is 15.1. The van der Waals surface area contributed by atoms with Crippen LogP contribution in [-0.2, 0) is 6.42 Å². The van der Waals surface area contributed by atoms with Crippen molar-refractivity contribution in [3.63, 3.8) is 0 Å². The first-order chi connectivity index (χ1) is 11.7. The molecule has 5 heteroatoms. The maximum atomic E-state index is 6.46. The molecule has 1 aromatic carbocycles. The van der Waals surface area contributed by atoms with Gasteiger partial charge in [-0.05, 0) is 50.8 Å². The lowest BCUT2D eigenvalue weighted by Gasteiger charge is -2.29. The number of hydrogen-bond donors (Lipinski definition) is 0. The number of piperidine rings is 1. The highest BCUT2D eigenvalue weighted by atomic mass is 35.5. The van der Waals surface area contributed by atoms with E-state index < -0.39 is 0 Å². The van der Waals surface area contributed by atoms with Crippen LogP contribution in [0.4, 0.5) is 5.69 Å². The lowest BCUT2D eigenvalue weighted by Crippen LogP contribution is -2.29. The van der Waals surface area contributed by atoms with Crippen LogP contribution in [0, 0.1) is 6.92 Å². The lowest BCUT2D eigenvalue weighted by atomic mass is 10.1. The van der Waals surface area contributed by atoms with Gasteiger partial charge in [0.05, 0.1) is 16.7 Å². The summed E-state index contributed by atoms with van der Waals surface area (Å²) < 4.78 is 2.22. The summed E-state index contributed by atoms with van der Waals surface area (Å²) in [6.07, 6.45) is 5.90. The molecule has 0 N–H and O–H groups in total. The van der Waals surface area contributed by atoms with Gasteiger partial charge in [-0.3, -0.25) is 4.40 Å². The minimum absolute atomic E-state index is 0.542. The van der Waals surface area contributed by atoms with E-state index in [1.54, 1.807) is 0 Å². The highest BCUT2D eigenvalue weighted by Gasteiger charge is 2.17. The molecular formula is C19H23ClN4. The standard InChI is InChI=1S/C19H23ClN4/c1-3-7-17-21-13(2)18-19(20)22-15-9-8-14(12-16(15)24(17)18)23-10-5-4-6-11-23/h8-9,12H,3-7,10-11H2,1-2H3. The van der Waals surface area contributed by atoms with Gasteiger partial charge in [-0.25, -0.2) is 9.97 Å². The van der Waals surface area contributed by atoms with E-state index in [9.17, 15) is 0 Å². The van der Waals surface area contributed by atoms with Crippen molar-refractivity contribution in [2.24, 2.45) is 0 Å². The summed E-state index contributed by atoms with van der Waals surface area (Å²) >= 11 is 6.46. The van der Waals surface area contributed by atoms with Crippen molar-refractivity contribution in [3.05, 3.63) is 34.9 Å². The first-order valence-corrected chi connectivity index (χ1v) is 9.29. The average Bonchev–Trinajstić information content (AvgIpc) is 2.93. The van der Waals surface area contributed by atoms with Crippen LogP contribution in [0.2, 0.25) is 5.15 Å². The van der Waals surface area contributed by atoms with Crippen LogP contribution in [0.15, 0.2) is 18.2 Å². The van der Waals surface area contributed by atoms with Gasteiger partial charge in [0.1, 0.15) is 11.3 Å². The summed E-state index contributed by atoms with van der Waals surface area (Å²) in [5.41, 5.74) is 5.23. The third-order valence-corrected chi connectivity index (χ3v) is 5.19. The van der Waals surface area contributed by atoms with Gasteiger partial charge in [0.25, 0.3) is 0 Å². The molecule has 24 heavy (non-hydrogen) atoms. The number of aromatic nitrogens is 3. The molecule has 3 heterocycles.